The number of pyridine rings is 1. The van der Waals surface area contributed by atoms with Crippen molar-refractivity contribution in [3.63, 3.8) is 0 Å². The van der Waals surface area contributed by atoms with Crippen LogP contribution in [0.25, 0.3) is 0 Å². The highest BCUT2D eigenvalue weighted by atomic mass is 79.9. The molecule has 0 bridgehead atoms. The van der Waals surface area contributed by atoms with Gasteiger partial charge in [-0.1, -0.05) is 12.1 Å². The van der Waals surface area contributed by atoms with Crippen LogP contribution < -0.4 is 0 Å². The zero-order valence-electron chi connectivity index (χ0n) is 11.2. The number of sulfonamides is 1. The van der Waals surface area contributed by atoms with Crippen molar-refractivity contribution in [1.29, 1.82) is 5.26 Å². The van der Waals surface area contributed by atoms with Crippen LogP contribution in [0.5, 0.6) is 0 Å². The first-order chi connectivity index (χ1) is 9.93. The monoisotopic (exact) mass is 365 g/mol. The second-order valence-corrected chi connectivity index (χ2v) is 7.37. The fourth-order valence-electron chi connectivity index (χ4n) is 1.79. The van der Waals surface area contributed by atoms with Gasteiger partial charge in [-0.05, 0) is 39.7 Å². The summed E-state index contributed by atoms with van der Waals surface area (Å²) in [6.45, 7) is 0.185. The summed E-state index contributed by atoms with van der Waals surface area (Å²) in [7, 11) is -2.13. The van der Waals surface area contributed by atoms with Gasteiger partial charge in [0.2, 0.25) is 10.0 Å². The maximum atomic E-state index is 12.4. The fraction of sp³-hybridized carbons (Fsp3) is 0.143. The van der Waals surface area contributed by atoms with Gasteiger partial charge in [0.05, 0.1) is 11.6 Å². The van der Waals surface area contributed by atoms with E-state index in [0.717, 1.165) is 5.56 Å². The summed E-state index contributed by atoms with van der Waals surface area (Å²) >= 11 is 3.21. The smallest absolute Gasteiger partial charge is 0.244 e. The number of halogens is 1. The Morgan fingerprint density at radius 2 is 2.10 bits per heavy atom. The number of nitrogens with zero attached hydrogens (tertiary/aromatic N) is 3. The van der Waals surface area contributed by atoms with Gasteiger partial charge in [-0.2, -0.15) is 9.57 Å². The second-order valence-electron chi connectivity index (χ2n) is 4.41. The average Bonchev–Trinajstić information content (AvgIpc) is 2.47. The van der Waals surface area contributed by atoms with E-state index in [1.807, 2.05) is 6.07 Å². The van der Waals surface area contributed by atoms with Crippen molar-refractivity contribution in [2.24, 2.45) is 0 Å². The van der Waals surface area contributed by atoms with E-state index >= 15 is 0 Å². The largest absolute Gasteiger partial charge is 0.262 e. The Balaban J connectivity index is 2.27. The van der Waals surface area contributed by atoms with Crippen molar-refractivity contribution in [2.45, 2.75) is 11.4 Å². The van der Waals surface area contributed by atoms with E-state index in [0.29, 0.717) is 10.0 Å². The van der Waals surface area contributed by atoms with Crippen LogP contribution in [0.3, 0.4) is 0 Å². The lowest BCUT2D eigenvalue weighted by Gasteiger charge is -2.17. The van der Waals surface area contributed by atoms with Gasteiger partial charge >= 0.3 is 0 Å². The Morgan fingerprint density at radius 3 is 2.76 bits per heavy atom. The number of nitriles is 1. The molecule has 0 aliphatic heterocycles. The minimum atomic E-state index is -3.62. The lowest BCUT2D eigenvalue weighted by molar-refractivity contribution is 0.466. The van der Waals surface area contributed by atoms with Crippen molar-refractivity contribution in [3.8, 4) is 6.07 Å². The Kier molecular flexibility index (Phi) is 4.73. The number of hydrogen-bond acceptors (Lipinski definition) is 4. The lowest BCUT2D eigenvalue weighted by Crippen LogP contribution is -2.26. The van der Waals surface area contributed by atoms with E-state index in [4.69, 9.17) is 5.26 Å². The summed E-state index contributed by atoms with van der Waals surface area (Å²) in [5.41, 5.74) is 1.26. The van der Waals surface area contributed by atoms with Crippen LogP contribution >= 0.6 is 15.9 Å². The minimum Gasteiger partial charge on any atom is -0.262 e. The third-order valence-electron chi connectivity index (χ3n) is 2.85. The molecular formula is C14H12BrN3O2S. The van der Waals surface area contributed by atoms with Crippen LogP contribution in [0.1, 0.15) is 11.1 Å². The van der Waals surface area contributed by atoms with Crippen LogP contribution in [-0.2, 0) is 16.6 Å². The number of rotatable bonds is 4. The number of aromatic nitrogens is 1. The van der Waals surface area contributed by atoms with E-state index in [1.165, 1.54) is 29.8 Å². The summed E-state index contributed by atoms with van der Waals surface area (Å²) in [6.07, 6.45) is 2.83. The number of benzene rings is 1. The van der Waals surface area contributed by atoms with Gasteiger partial charge in [0, 0.05) is 30.5 Å². The molecule has 2 aromatic rings. The molecule has 0 N–H and O–H groups in total. The van der Waals surface area contributed by atoms with E-state index in [-0.39, 0.29) is 11.4 Å². The van der Waals surface area contributed by atoms with E-state index in [9.17, 15) is 8.42 Å². The van der Waals surface area contributed by atoms with Crippen LogP contribution in [0.15, 0.2) is 52.1 Å². The van der Waals surface area contributed by atoms with Gasteiger partial charge in [-0.15, -0.1) is 0 Å². The van der Waals surface area contributed by atoms with Crippen molar-refractivity contribution >= 4 is 26.0 Å². The summed E-state index contributed by atoms with van der Waals surface area (Å²) < 4.78 is 26.7. The Bertz CT molecular complexity index is 800. The molecule has 0 saturated heterocycles. The fourth-order valence-corrected chi connectivity index (χ4v) is 3.46. The summed E-state index contributed by atoms with van der Waals surface area (Å²) in [6, 6.07) is 10.4. The molecule has 21 heavy (non-hydrogen) atoms. The van der Waals surface area contributed by atoms with Gasteiger partial charge < -0.3 is 0 Å². The molecule has 0 radical (unpaired) electrons. The molecule has 0 atom stereocenters. The first kappa shape index (κ1) is 15.6. The molecule has 1 heterocycles. The molecule has 0 fully saturated rings. The molecule has 0 saturated carbocycles. The quantitative estimate of drug-likeness (QED) is 0.834. The zero-order chi connectivity index (χ0) is 15.5. The van der Waals surface area contributed by atoms with Gasteiger partial charge in [-0.25, -0.2) is 8.42 Å². The predicted molar refractivity (Wildman–Crippen MR) is 81.7 cm³/mol. The highest BCUT2D eigenvalue weighted by Crippen LogP contribution is 2.19. The topological polar surface area (TPSA) is 74.1 Å². The summed E-state index contributed by atoms with van der Waals surface area (Å²) in [5, 5.41) is 8.87. The number of hydrogen-bond donors (Lipinski definition) is 0. The normalized spacial score (nSPS) is 11.3. The average molecular weight is 366 g/mol. The van der Waals surface area contributed by atoms with Crippen LogP contribution in [0.2, 0.25) is 0 Å². The molecule has 1 aromatic heterocycles. The minimum absolute atomic E-state index is 0.121. The lowest BCUT2D eigenvalue weighted by atomic mass is 10.1. The van der Waals surface area contributed by atoms with Crippen molar-refractivity contribution in [3.05, 3.63) is 58.3 Å². The molecule has 0 spiro atoms. The standard InChI is InChI=1S/C14H12BrN3O2S/c1-18(10-12-4-2-3-11(5-12)7-16)21(19,20)14-6-13(15)8-17-9-14/h2-6,8-9H,10H2,1H3. The van der Waals surface area contributed by atoms with Crippen LogP contribution in [0, 0.1) is 11.3 Å². The van der Waals surface area contributed by atoms with Crippen molar-refractivity contribution in [2.75, 3.05) is 7.05 Å². The zero-order valence-corrected chi connectivity index (χ0v) is 13.6. The molecule has 1 aromatic carbocycles. The molecule has 2 rings (SSSR count). The Hall–Kier alpha value is -1.75. The predicted octanol–water partition coefficient (Wildman–Crippen LogP) is 2.54. The third-order valence-corrected chi connectivity index (χ3v) is 5.05. The molecule has 0 unspecified atom stereocenters. The molecule has 0 aliphatic carbocycles. The maximum Gasteiger partial charge on any atom is 0.244 e. The molecule has 0 amide bonds. The highest BCUT2D eigenvalue weighted by molar-refractivity contribution is 9.10. The van der Waals surface area contributed by atoms with Gasteiger partial charge in [0.25, 0.3) is 0 Å². The third kappa shape index (κ3) is 3.67. The summed E-state index contributed by atoms with van der Waals surface area (Å²) in [4.78, 5) is 3.99. The molecule has 5 nitrogen and oxygen atoms in total. The van der Waals surface area contributed by atoms with E-state index in [1.54, 1.807) is 24.3 Å². The van der Waals surface area contributed by atoms with E-state index in [2.05, 4.69) is 20.9 Å². The molecule has 108 valence electrons. The van der Waals surface area contributed by atoms with Crippen LogP contribution in [0.4, 0.5) is 0 Å². The van der Waals surface area contributed by atoms with Crippen molar-refractivity contribution < 1.29 is 8.42 Å². The second kappa shape index (κ2) is 6.35. The van der Waals surface area contributed by atoms with Gasteiger partial charge in [0.15, 0.2) is 0 Å². The summed E-state index contributed by atoms with van der Waals surface area (Å²) in [5.74, 6) is 0. The SMILES string of the molecule is CN(Cc1cccc(C#N)c1)S(=O)(=O)c1cncc(Br)c1. The first-order valence-electron chi connectivity index (χ1n) is 5.99. The maximum absolute atomic E-state index is 12.4. The van der Waals surface area contributed by atoms with Crippen LogP contribution in [-0.4, -0.2) is 24.8 Å². The van der Waals surface area contributed by atoms with Crippen molar-refractivity contribution in [1.82, 2.24) is 9.29 Å². The molecule has 0 aliphatic rings. The van der Waals surface area contributed by atoms with Gasteiger partial charge in [0.1, 0.15) is 4.90 Å². The molecular weight excluding hydrogens is 354 g/mol. The molecule has 7 heteroatoms. The van der Waals surface area contributed by atoms with E-state index < -0.39 is 10.0 Å². The highest BCUT2D eigenvalue weighted by Gasteiger charge is 2.21. The first-order valence-corrected chi connectivity index (χ1v) is 8.23. The van der Waals surface area contributed by atoms with Gasteiger partial charge in [-0.3, -0.25) is 4.98 Å². The Labute approximate surface area is 132 Å². The Morgan fingerprint density at radius 1 is 1.33 bits per heavy atom.